The molecule has 1 aliphatic carbocycles. The summed E-state index contributed by atoms with van der Waals surface area (Å²) in [6.07, 6.45) is 0.853. The van der Waals surface area contributed by atoms with Crippen molar-refractivity contribution >= 4 is 15.8 Å². The molecule has 0 spiro atoms. The fraction of sp³-hybridized carbons (Fsp3) is 0.462. The van der Waals surface area contributed by atoms with Crippen LogP contribution in [-0.4, -0.2) is 25.2 Å². The molecular formula is C13H14F2O4S. The molecule has 0 radical (unpaired) electrons. The molecule has 2 rings (SSSR count). The number of carbonyl (C=O) groups is 1. The van der Waals surface area contributed by atoms with Crippen molar-refractivity contribution in [3.05, 3.63) is 35.4 Å². The van der Waals surface area contributed by atoms with Crippen LogP contribution in [0.2, 0.25) is 0 Å². The van der Waals surface area contributed by atoms with E-state index in [0.717, 1.165) is 18.2 Å². The van der Waals surface area contributed by atoms with Gasteiger partial charge in [-0.15, -0.1) is 0 Å². The van der Waals surface area contributed by atoms with Crippen LogP contribution in [-0.2, 0) is 20.4 Å². The molecule has 0 amide bonds. The van der Waals surface area contributed by atoms with Crippen molar-refractivity contribution in [1.29, 1.82) is 0 Å². The predicted molar refractivity (Wildman–Crippen MR) is 67.8 cm³/mol. The largest absolute Gasteiger partial charge is 0.481 e. The molecule has 1 saturated carbocycles. The Labute approximate surface area is 115 Å². The summed E-state index contributed by atoms with van der Waals surface area (Å²) in [6, 6.07) is 2.65. The first kappa shape index (κ1) is 14.9. The van der Waals surface area contributed by atoms with Crippen LogP contribution in [0.3, 0.4) is 0 Å². The van der Waals surface area contributed by atoms with Gasteiger partial charge in [-0.2, -0.15) is 0 Å². The summed E-state index contributed by atoms with van der Waals surface area (Å²) in [5.41, 5.74) is -0.954. The summed E-state index contributed by atoms with van der Waals surface area (Å²) in [4.78, 5) is 10.7. The molecule has 1 aliphatic rings. The topological polar surface area (TPSA) is 71.4 Å². The van der Waals surface area contributed by atoms with E-state index in [2.05, 4.69) is 0 Å². The maximum atomic E-state index is 13.4. The minimum atomic E-state index is -3.68. The van der Waals surface area contributed by atoms with Gasteiger partial charge >= 0.3 is 5.97 Å². The highest BCUT2D eigenvalue weighted by Gasteiger charge is 2.47. The van der Waals surface area contributed by atoms with Crippen LogP contribution in [0.5, 0.6) is 0 Å². The number of rotatable bonds is 6. The molecule has 0 aromatic heterocycles. The summed E-state index contributed by atoms with van der Waals surface area (Å²) in [6.45, 7) is 0. The van der Waals surface area contributed by atoms with Crippen LogP contribution in [0, 0.1) is 17.0 Å². The Kier molecular flexibility index (Phi) is 3.82. The number of halogens is 2. The molecule has 1 N–H and O–H groups in total. The van der Waals surface area contributed by atoms with Crippen molar-refractivity contribution in [2.45, 2.75) is 25.0 Å². The SMILES string of the molecule is O=C(O)CC1(CS(=O)(=O)Cc2cc(F)ccc2F)CC1. The van der Waals surface area contributed by atoms with Crippen molar-refractivity contribution in [3.8, 4) is 0 Å². The second kappa shape index (κ2) is 5.12. The Hall–Kier alpha value is -1.50. The Bertz CT molecular complexity index is 636. The van der Waals surface area contributed by atoms with Gasteiger partial charge in [0.15, 0.2) is 9.84 Å². The minimum Gasteiger partial charge on any atom is -0.481 e. The lowest BCUT2D eigenvalue weighted by atomic mass is 10.1. The fourth-order valence-electron chi connectivity index (χ4n) is 2.28. The molecule has 1 aromatic carbocycles. The second-order valence-corrected chi connectivity index (χ2v) is 7.40. The lowest BCUT2D eigenvalue weighted by molar-refractivity contribution is -0.138. The van der Waals surface area contributed by atoms with Gasteiger partial charge in [-0.25, -0.2) is 17.2 Å². The number of benzene rings is 1. The van der Waals surface area contributed by atoms with Crippen molar-refractivity contribution < 1.29 is 27.1 Å². The number of sulfone groups is 1. The number of carboxylic acids is 1. The highest BCUT2D eigenvalue weighted by atomic mass is 32.2. The van der Waals surface area contributed by atoms with E-state index in [1.165, 1.54) is 0 Å². The fourth-order valence-corrected chi connectivity index (χ4v) is 4.40. The molecule has 110 valence electrons. The third kappa shape index (κ3) is 3.75. The molecule has 0 unspecified atom stereocenters. The van der Waals surface area contributed by atoms with Crippen LogP contribution in [0.1, 0.15) is 24.8 Å². The van der Waals surface area contributed by atoms with Gasteiger partial charge in [-0.1, -0.05) is 0 Å². The van der Waals surface area contributed by atoms with Gasteiger partial charge in [0.25, 0.3) is 0 Å². The lowest BCUT2D eigenvalue weighted by Crippen LogP contribution is -2.22. The molecule has 1 aromatic rings. The molecule has 20 heavy (non-hydrogen) atoms. The Morgan fingerprint density at radius 2 is 1.95 bits per heavy atom. The van der Waals surface area contributed by atoms with Crippen LogP contribution in [0.15, 0.2) is 18.2 Å². The number of aliphatic carboxylic acids is 1. The van der Waals surface area contributed by atoms with Crippen LogP contribution in [0.4, 0.5) is 8.78 Å². The average Bonchev–Trinajstić information content (AvgIpc) is 3.00. The first-order chi connectivity index (χ1) is 9.21. The Balaban J connectivity index is 2.12. The molecule has 0 aliphatic heterocycles. The maximum Gasteiger partial charge on any atom is 0.303 e. The summed E-state index contributed by atoms with van der Waals surface area (Å²) in [5.74, 6) is -3.45. The van der Waals surface area contributed by atoms with Gasteiger partial charge in [-0.05, 0) is 36.5 Å². The lowest BCUT2D eigenvalue weighted by Gasteiger charge is -2.13. The standard InChI is InChI=1S/C13H14F2O4S/c14-10-1-2-11(15)9(5-10)7-20(18,19)8-13(3-4-13)6-12(16)17/h1-2,5H,3-4,6-8H2,(H,16,17). The van der Waals surface area contributed by atoms with Crippen LogP contribution >= 0.6 is 0 Å². The van der Waals surface area contributed by atoms with Gasteiger partial charge in [0.2, 0.25) is 0 Å². The zero-order valence-corrected chi connectivity index (χ0v) is 11.4. The predicted octanol–water partition coefficient (Wildman–Crippen LogP) is 2.13. The highest BCUT2D eigenvalue weighted by molar-refractivity contribution is 7.90. The average molecular weight is 304 g/mol. The molecule has 0 bridgehead atoms. The molecule has 1 fully saturated rings. The first-order valence-corrected chi connectivity index (χ1v) is 7.90. The zero-order valence-electron chi connectivity index (χ0n) is 10.6. The summed E-state index contributed by atoms with van der Waals surface area (Å²) < 4.78 is 50.5. The van der Waals surface area contributed by atoms with Crippen molar-refractivity contribution in [1.82, 2.24) is 0 Å². The van der Waals surface area contributed by atoms with Crippen molar-refractivity contribution in [2.75, 3.05) is 5.75 Å². The van der Waals surface area contributed by atoms with Gasteiger partial charge in [0.1, 0.15) is 11.6 Å². The number of hydrogen-bond donors (Lipinski definition) is 1. The van der Waals surface area contributed by atoms with E-state index < -0.39 is 38.6 Å². The molecule has 4 nitrogen and oxygen atoms in total. The molecule has 7 heteroatoms. The molecular weight excluding hydrogens is 290 g/mol. The zero-order chi connectivity index (χ0) is 15.0. The van der Waals surface area contributed by atoms with E-state index in [1.807, 2.05) is 0 Å². The van der Waals surface area contributed by atoms with Gasteiger partial charge < -0.3 is 5.11 Å². The van der Waals surface area contributed by atoms with E-state index in [-0.39, 0.29) is 17.7 Å². The van der Waals surface area contributed by atoms with Gasteiger partial charge in [0.05, 0.1) is 17.9 Å². The van der Waals surface area contributed by atoms with E-state index in [1.54, 1.807) is 0 Å². The number of hydrogen-bond acceptors (Lipinski definition) is 3. The van der Waals surface area contributed by atoms with Crippen LogP contribution < -0.4 is 0 Å². The van der Waals surface area contributed by atoms with Crippen molar-refractivity contribution in [2.24, 2.45) is 5.41 Å². The van der Waals surface area contributed by atoms with Crippen molar-refractivity contribution in [3.63, 3.8) is 0 Å². The third-order valence-electron chi connectivity index (χ3n) is 3.39. The second-order valence-electron chi connectivity index (χ2n) is 5.34. The summed E-state index contributed by atoms with van der Waals surface area (Å²) in [5, 5.41) is 8.75. The smallest absolute Gasteiger partial charge is 0.303 e. The summed E-state index contributed by atoms with van der Waals surface area (Å²) in [7, 11) is -3.68. The third-order valence-corrected chi connectivity index (χ3v) is 5.20. The van der Waals surface area contributed by atoms with Gasteiger partial charge in [0, 0.05) is 5.56 Å². The van der Waals surface area contributed by atoms with E-state index >= 15 is 0 Å². The quantitative estimate of drug-likeness (QED) is 0.874. The first-order valence-electron chi connectivity index (χ1n) is 6.08. The van der Waals surface area contributed by atoms with Crippen LogP contribution in [0.25, 0.3) is 0 Å². The van der Waals surface area contributed by atoms with E-state index in [0.29, 0.717) is 12.8 Å². The van der Waals surface area contributed by atoms with Gasteiger partial charge in [-0.3, -0.25) is 4.79 Å². The Morgan fingerprint density at radius 1 is 1.30 bits per heavy atom. The number of carboxylic acid groups (broad SMARTS) is 1. The monoisotopic (exact) mass is 304 g/mol. The van der Waals surface area contributed by atoms with E-state index in [4.69, 9.17) is 5.11 Å². The molecule has 0 atom stereocenters. The minimum absolute atomic E-state index is 0.210. The molecule has 0 heterocycles. The summed E-state index contributed by atoms with van der Waals surface area (Å²) >= 11 is 0. The highest BCUT2D eigenvalue weighted by Crippen LogP contribution is 2.50. The maximum absolute atomic E-state index is 13.4. The van der Waals surface area contributed by atoms with E-state index in [9.17, 15) is 22.0 Å². The Morgan fingerprint density at radius 3 is 2.50 bits per heavy atom. The normalized spacial score (nSPS) is 16.9. The molecule has 0 saturated heterocycles.